The van der Waals surface area contributed by atoms with Crippen molar-refractivity contribution >= 4 is 17.9 Å². The monoisotopic (exact) mass is 348 g/mol. The number of esters is 3. The Morgan fingerprint density at radius 3 is 2.16 bits per heavy atom. The van der Waals surface area contributed by atoms with E-state index in [9.17, 15) is 14.4 Å². The highest BCUT2D eigenvalue weighted by Gasteiger charge is 2.43. The van der Waals surface area contributed by atoms with Crippen LogP contribution in [0.5, 0.6) is 0 Å². The number of carbonyl (C=O) groups is 3. The van der Waals surface area contributed by atoms with E-state index in [1.165, 1.54) is 21.0 Å². The van der Waals surface area contributed by atoms with Crippen molar-refractivity contribution in [2.24, 2.45) is 5.92 Å². The average Bonchev–Trinajstić information content (AvgIpc) is 2.48. The number of ether oxygens (including phenoxy) is 3. The van der Waals surface area contributed by atoms with E-state index in [0.717, 1.165) is 5.56 Å². The number of methoxy groups -OCH3 is 1. The van der Waals surface area contributed by atoms with E-state index in [1.54, 1.807) is 12.1 Å². The van der Waals surface area contributed by atoms with Crippen molar-refractivity contribution in [1.29, 1.82) is 0 Å². The molecule has 1 aromatic rings. The molecule has 2 rings (SSSR count). The predicted octanol–water partition coefficient (Wildman–Crippen LogP) is 2.77. The van der Waals surface area contributed by atoms with Crippen LogP contribution >= 0.6 is 0 Å². The molecule has 1 fully saturated rings. The average molecular weight is 348 g/mol. The highest BCUT2D eigenvalue weighted by Crippen LogP contribution is 2.29. The molecule has 6 heteroatoms. The highest BCUT2D eigenvalue weighted by molar-refractivity contribution is 5.97. The van der Waals surface area contributed by atoms with Crippen LogP contribution in [0.2, 0.25) is 0 Å². The van der Waals surface area contributed by atoms with Crippen molar-refractivity contribution in [3.63, 3.8) is 0 Å². The Morgan fingerprint density at radius 1 is 1.12 bits per heavy atom. The largest absolute Gasteiger partial charge is 0.465 e. The van der Waals surface area contributed by atoms with Gasteiger partial charge in [0.05, 0.1) is 12.7 Å². The maximum Gasteiger partial charge on any atom is 0.337 e. The van der Waals surface area contributed by atoms with Gasteiger partial charge >= 0.3 is 17.9 Å². The fraction of sp³-hybridized carbons (Fsp3) is 0.526. The molecule has 25 heavy (non-hydrogen) atoms. The van der Waals surface area contributed by atoms with Crippen molar-refractivity contribution in [3.8, 4) is 0 Å². The lowest BCUT2D eigenvalue weighted by molar-refractivity contribution is -0.239. The summed E-state index contributed by atoms with van der Waals surface area (Å²) in [5.41, 5.74) is 1.74. The quantitative estimate of drug-likeness (QED) is 0.617. The molecule has 0 atom stereocenters. The zero-order valence-corrected chi connectivity index (χ0v) is 15.5. The lowest BCUT2D eigenvalue weighted by atomic mass is 9.83. The predicted molar refractivity (Wildman–Crippen MR) is 89.9 cm³/mol. The van der Waals surface area contributed by atoms with Crippen LogP contribution in [0.1, 0.15) is 56.1 Å². The summed E-state index contributed by atoms with van der Waals surface area (Å²) in [5.74, 6) is -4.02. The van der Waals surface area contributed by atoms with Gasteiger partial charge in [-0.15, -0.1) is 0 Å². The fourth-order valence-corrected chi connectivity index (χ4v) is 2.62. The van der Waals surface area contributed by atoms with Gasteiger partial charge in [-0.1, -0.05) is 26.8 Å². The third-order valence-corrected chi connectivity index (χ3v) is 3.98. The zero-order valence-electron chi connectivity index (χ0n) is 15.5. The van der Waals surface area contributed by atoms with Crippen LogP contribution < -0.4 is 0 Å². The summed E-state index contributed by atoms with van der Waals surface area (Å²) in [5, 5.41) is 0. The lowest BCUT2D eigenvalue weighted by Crippen LogP contribution is -2.47. The Hall–Kier alpha value is -2.37. The van der Waals surface area contributed by atoms with Crippen LogP contribution in [0.25, 0.3) is 0 Å². The molecule has 0 aliphatic carbocycles. The minimum absolute atomic E-state index is 0.0989. The first-order valence-corrected chi connectivity index (χ1v) is 8.11. The molecule has 0 amide bonds. The molecule has 0 N–H and O–H groups in total. The van der Waals surface area contributed by atoms with Gasteiger partial charge in [0.1, 0.15) is 0 Å². The molecule has 136 valence electrons. The van der Waals surface area contributed by atoms with Gasteiger partial charge in [-0.2, -0.15) is 0 Å². The van der Waals surface area contributed by atoms with E-state index in [2.05, 4.69) is 0 Å². The molecule has 1 aromatic carbocycles. The summed E-state index contributed by atoms with van der Waals surface area (Å²) in [7, 11) is 1.31. The summed E-state index contributed by atoms with van der Waals surface area (Å²) >= 11 is 0. The summed E-state index contributed by atoms with van der Waals surface area (Å²) < 4.78 is 15.1. The van der Waals surface area contributed by atoms with Gasteiger partial charge in [0, 0.05) is 13.8 Å². The van der Waals surface area contributed by atoms with Gasteiger partial charge in [-0.05, 0) is 35.1 Å². The topological polar surface area (TPSA) is 78.9 Å². The number of benzene rings is 1. The Balaban J connectivity index is 2.37. The van der Waals surface area contributed by atoms with E-state index in [-0.39, 0.29) is 11.8 Å². The Labute approximate surface area is 147 Å². The van der Waals surface area contributed by atoms with Crippen molar-refractivity contribution in [2.75, 3.05) is 7.11 Å². The van der Waals surface area contributed by atoms with Crippen LogP contribution in [-0.2, 0) is 35.6 Å². The van der Waals surface area contributed by atoms with Crippen LogP contribution in [0, 0.1) is 5.92 Å². The summed E-state index contributed by atoms with van der Waals surface area (Å²) in [6.07, 6.45) is 0.0989. The van der Waals surface area contributed by atoms with E-state index in [4.69, 9.17) is 14.2 Å². The van der Waals surface area contributed by atoms with Crippen LogP contribution in [-0.4, -0.2) is 30.8 Å². The fourth-order valence-electron chi connectivity index (χ4n) is 2.62. The van der Waals surface area contributed by atoms with E-state index in [0.29, 0.717) is 11.1 Å². The van der Waals surface area contributed by atoms with Gasteiger partial charge in [0.15, 0.2) is 5.92 Å². The smallest absolute Gasteiger partial charge is 0.337 e. The minimum atomic E-state index is -1.25. The van der Waals surface area contributed by atoms with Crippen LogP contribution in [0.15, 0.2) is 18.2 Å². The van der Waals surface area contributed by atoms with Gasteiger partial charge in [0.25, 0.3) is 5.79 Å². The highest BCUT2D eigenvalue weighted by atomic mass is 16.7. The van der Waals surface area contributed by atoms with Crippen LogP contribution in [0.4, 0.5) is 0 Å². The Kier molecular flexibility index (Phi) is 4.93. The zero-order chi connectivity index (χ0) is 19.0. The first kappa shape index (κ1) is 19.0. The van der Waals surface area contributed by atoms with Crippen molar-refractivity contribution < 1.29 is 28.6 Å². The maximum absolute atomic E-state index is 12.2. The Morgan fingerprint density at radius 2 is 1.68 bits per heavy atom. The standard InChI is InChI=1S/C19H24O6/c1-18(2,3)13-8-11(7-12(10-13)15(20)23-6)9-14-16(21)24-19(4,5)25-17(14)22/h7-8,10,14H,9H2,1-6H3. The number of carbonyl (C=O) groups excluding carboxylic acids is 3. The van der Waals surface area contributed by atoms with Crippen molar-refractivity contribution in [2.45, 2.75) is 52.2 Å². The van der Waals surface area contributed by atoms with Crippen molar-refractivity contribution in [3.05, 3.63) is 34.9 Å². The molecule has 1 aliphatic rings. The molecule has 0 saturated carbocycles. The number of hydrogen-bond donors (Lipinski definition) is 0. The normalized spacial score (nSPS) is 17.7. The van der Waals surface area contributed by atoms with Crippen LogP contribution in [0.3, 0.4) is 0 Å². The second-order valence-corrected chi connectivity index (χ2v) is 7.66. The maximum atomic E-state index is 12.2. The number of cyclic esters (lactones) is 2. The molecule has 0 aromatic heterocycles. The first-order valence-electron chi connectivity index (χ1n) is 8.11. The molecule has 1 saturated heterocycles. The third-order valence-electron chi connectivity index (χ3n) is 3.98. The van der Waals surface area contributed by atoms with E-state index in [1.807, 2.05) is 26.8 Å². The minimum Gasteiger partial charge on any atom is -0.465 e. The van der Waals surface area contributed by atoms with Gasteiger partial charge in [-0.3, -0.25) is 9.59 Å². The molecule has 6 nitrogen and oxygen atoms in total. The second-order valence-electron chi connectivity index (χ2n) is 7.66. The SMILES string of the molecule is COC(=O)c1cc(CC2C(=O)OC(C)(C)OC2=O)cc(C(C)(C)C)c1. The van der Waals surface area contributed by atoms with E-state index < -0.39 is 29.6 Å². The third kappa shape index (κ3) is 4.38. The molecule has 1 aliphatic heterocycles. The molecule has 0 radical (unpaired) electrons. The number of rotatable bonds is 3. The molecule has 0 unspecified atom stereocenters. The molecular formula is C19H24O6. The number of hydrogen-bond acceptors (Lipinski definition) is 6. The molecule has 1 heterocycles. The van der Waals surface area contributed by atoms with Crippen molar-refractivity contribution in [1.82, 2.24) is 0 Å². The van der Waals surface area contributed by atoms with Gasteiger partial charge in [-0.25, -0.2) is 4.79 Å². The van der Waals surface area contributed by atoms with Gasteiger partial charge in [0.2, 0.25) is 0 Å². The summed E-state index contributed by atoms with van der Waals surface area (Å²) in [6.45, 7) is 9.06. The molecule has 0 bridgehead atoms. The lowest BCUT2D eigenvalue weighted by Gasteiger charge is -2.33. The summed E-state index contributed by atoms with van der Waals surface area (Å²) in [4.78, 5) is 36.3. The van der Waals surface area contributed by atoms with E-state index >= 15 is 0 Å². The summed E-state index contributed by atoms with van der Waals surface area (Å²) in [6, 6.07) is 5.27. The second kappa shape index (κ2) is 6.50. The molecule has 0 spiro atoms. The Bertz CT molecular complexity index is 691. The first-order chi connectivity index (χ1) is 11.4. The molecular weight excluding hydrogens is 324 g/mol. The van der Waals surface area contributed by atoms with Gasteiger partial charge < -0.3 is 14.2 Å².